The van der Waals surface area contributed by atoms with E-state index >= 15 is 0 Å². The maximum atomic E-state index is 14.7. The van der Waals surface area contributed by atoms with Gasteiger partial charge in [-0.25, -0.2) is 18.0 Å². The number of likely N-dealkylation sites (N-methyl/N-ethyl adjacent to an activating group) is 1. The third kappa shape index (κ3) is 6.81. The monoisotopic (exact) mass is 548 g/mol. The van der Waals surface area contributed by atoms with Gasteiger partial charge in [-0.3, -0.25) is 4.79 Å². The molecule has 204 valence electrons. The van der Waals surface area contributed by atoms with E-state index in [-0.39, 0.29) is 38.5 Å². The Morgan fingerprint density at radius 3 is 2.37 bits per heavy atom. The molecule has 0 saturated heterocycles. The molecule has 1 amide bonds. The van der Waals surface area contributed by atoms with Gasteiger partial charge in [-0.15, -0.1) is 11.3 Å². The first kappa shape index (κ1) is 30.6. The summed E-state index contributed by atoms with van der Waals surface area (Å²) in [7, 11) is 6.06. The van der Waals surface area contributed by atoms with E-state index < -0.39 is 29.3 Å². The van der Waals surface area contributed by atoms with Gasteiger partial charge in [0.2, 0.25) is 0 Å². The predicted octanol–water partition coefficient (Wildman–Crippen LogP) is 6.91. The van der Waals surface area contributed by atoms with Crippen LogP contribution in [0, 0.1) is 18.6 Å². The molecule has 3 rings (SSSR count). The highest BCUT2D eigenvalue weighted by Crippen LogP contribution is 2.39. The first-order chi connectivity index (χ1) is 18.0. The summed E-state index contributed by atoms with van der Waals surface area (Å²) in [4.78, 5) is 27.6. The molecule has 0 bridgehead atoms. The Kier molecular flexibility index (Phi) is 11.1. The van der Waals surface area contributed by atoms with Gasteiger partial charge in [0.1, 0.15) is 11.4 Å². The minimum atomic E-state index is -1.10. The number of methoxy groups -OCH3 is 2. The molecule has 1 aromatic heterocycles. The topological polar surface area (TPSA) is 67.9 Å². The standard InChI is InChI=1S/C26H25F3N2O3S.C2H6O/c1-6-14(2)17(12-20-18(27)8-7-11-31(20)4)25(32)30-19-13-35-24(21(19)26(33)34-5)16-10-9-15(3)22(28)23(16)29;1-3-2/h7-13H,6H2,1-5H3,(H,30,32);1-2H3/b17-14-,20-12-;. The van der Waals surface area contributed by atoms with Crippen LogP contribution in [0.5, 0.6) is 0 Å². The van der Waals surface area contributed by atoms with Crippen LogP contribution in [0.25, 0.3) is 10.4 Å². The van der Waals surface area contributed by atoms with Crippen LogP contribution in [0.3, 0.4) is 0 Å². The summed E-state index contributed by atoms with van der Waals surface area (Å²) in [6.07, 6.45) is 6.44. The number of anilines is 1. The van der Waals surface area contributed by atoms with E-state index in [1.807, 2.05) is 6.92 Å². The number of aryl methyl sites for hydroxylation is 1. The number of halogens is 3. The number of nitrogens with zero attached hydrogens (tertiary/aromatic N) is 1. The van der Waals surface area contributed by atoms with Crippen molar-refractivity contribution in [1.82, 2.24) is 4.90 Å². The number of hydrogen-bond donors (Lipinski definition) is 1. The average Bonchev–Trinajstić information content (AvgIpc) is 3.29. The van der Waals surface area contributed by atoms with Gasteiger partial charge in [0, 0.05) is 44.0 Å². The normalized spacial score (nSPS) is 14.4. The highest BCUT2D eigenvalue weighted by molar-refractivity contribution is 7.14. The molecule has 1 aromatic carbocycles. The Morgan fingerprint density at radius 2 is 1.79 bits per heavy atom. The Hall–Kier alpha value is -3.63. The minimum Gasteiger partial charge on any atom is -0.465 e. The Balaban J connectivity index is 0.00000161. The molecule has 0 spiro atoms. The molecule has 0 saturated carbocycles. The molecule has 0 aliphatic carbocycles. The lowest BCUT2D eigenvalue weighted by molar-refractivity contribution is -0.112. The maximum Gasteiger partial charge on any atom is 0.341 e. The van der Waals surface area contributed by atoms with E-state index in [2.05, 4.69) is 10.1 Å². The fraction of sp³-hybridized carbons (Fsp3) is 0.286. The van der Waals surface area contributed by atoms with Crippen molar-refractivity contribution in [2.75, 3.05) is 33.7 Å². The van der Waals surface area contributed by atoms with Gasteiger partial charge in [0.15, 0.2) is 11.6 Å². The number of rotatable bonds is 6. The first-order valence-electron chi connectivity index (χ1n) is 11.6. The van der Waals surface area contributed by atoms with Crippen molar-refractivity contribution in [1.29, 1.82) is 0 Å². The summed E-state index contributed by atoms with van der Waals surface area (Å²) in [5.74, 6) is -4.03. The van der Waals surface area contributed by atoms with Crippen LogP contribution in [0.2, 0.25) is 0 Å². The molecule has 0 atom stereocenters. The van der Waals surface area contributed by atoms with Gasteiger partial charge in [-0.1, -0.05) is 24.6 Å². The predicted molar refractivity (Wildman–Crippen MR) is 144 cm³/mol. The Bertz CT molecular complexity index is 1330. The number of thiophene rings is 1. The molecule has 6 nitrogen and oxygen atoms in total. The third-order valence-corrected chi connectivity index (χ3v) is 6.65. The average molecular weight is 549 g/mol. The van der Waals surface area contributed by atoms with E-state index in [1.165, 1.54) is 36.6 Å². The third-order valence-electron chi connectivity index (χ3n) is 5.64. The number of hydrogen-bond acceptors (Lipinski definition) is 6. The molecule has 1 aliphatic heterocycles. The van der Waals surface area contributed by atoms with Crippen LogP contribution in [-0.2, 0) is 14.3 Å². The van der Waals surface area contributed by atoms with Crippen LogP contribution in [0.15, 0.2) is 64.6 Å². The number of nitrogens with one attached hydrogen (secondary N) is 1. The van der Waals surface area contributed by atoms with Gasteiger partial charge in [-0.05, 0) is 44.1 Å². The SMILES string of the molecule is CC/C(C)=C(/C=C1/C(F)=CC=CN1C)C(=O)Nc1csc(-c2ccc(C)c(F)c2F)c1C(=O)OC.COC. The smallest absolute Gasteiger partial charge is 0.341 e. The molecule has 0 radical (unpaired) electrons. The lowest BCUT2D eigenvalue weighted by Gasteiger charge is -2.21. The highest BCUT2D eigenvalue weighted by atomic mass is 32.1. The molecule has 1 aliphatic rings. The number of carbonyl (C=O) groups excluding carboxylic acids is 2. The molecule has 10 heteroatoms. The van der Waals surface area contributed by atoms with Crippen LogP contribution in [-0.4, -0.2) is 45.2 Å². The van der Waals surface area contributed by atoms with Gasteiger partial charge in [0.25, 0.3) is 5.91 Å². The lowest BCUT2D eigenvalue weighted by atomic mass is 10.0. The maximum absolute atomic E-state index is 14.7. The van der Waals surface area contributed by atoms with Gasteiger partial charge < -0.3 is 19.7 Å². The van der Waals surface area contributed by atoms with Crippen molar-refractivity contribution < 1.29 is 32.2 Å². The summed E-state index contributed by atoms with van der Waals surface area (Å²) < 4.78 is 52.5. The Labute approximate surface area is 224 Å². The van der Waals surface area contributed by atoms with Crippen molar-refractivity contribution in [2.45, 2.75) is 27.2 Å². The second kappa shape index (κ2) is 13.8. The number of carbonyl (C=O) groups is 2. The molecule has 38 heavy (non-hydrogen) atoms. The van der Waals surface area contributed by atoms with Crippen LogP contribution in [0.1, 0.15) is 36.2 Å². The first-order valence-corrected chi connectivity index (χ1v) is 12.4. The zero-order chi connectivity index (χ0) is 28.6. The molecule has 2 aromatic rings. The summed E-state index contributed by atoms with van der Waals surface area (Å²) in [6, 6.07) is 2.78. The quantitative estimate of drug-likeness (QED) is 0.314. The molecule has 2 heterocycles. The summed E-state index contributed by atoms with van der Waals surface area (Å²) in [5, 5.41) is 4.13. The molecular weight excluding hydrogens is 517 g/mol. The second-order valence-corrected chi connectivity index (χ2v) is 9.19. The van der Waals surface area contributed by atoms with Crippen molar-refractivity contribution in [3.8, 4) is 10.4 Å². The zero-order valence-corrected chi connectivity index (χ0v) is 23.2. The zero-order valence-electron chi connectivity index (χ0n) is 22.4. The summed E-state index contributed by atoms with van der Waals surface area (Å²) >= 11 is 0.966. The number of amides is 1. The van der Waals surface area contributed by atoms with Gasteiger partial charge in [-0.2, -0.15) is 0 Å². The largest absolute Gasteiger partial charge is 0.465 e. The van der Waals surface area contributed by atoms with E-state index in [4.69, 9.17) is 4.74 Å². The molecule has 1 N–H and O–H groups in total. The number of allylic oxidation sites excluding steroid dienone is 4. The second-order valence-electron chi connectivity index (χ2n) is 8.31. The van der Waals surface area contributed by atoms with E-state index in [1.54, 1.807) is 45.4 Å². The number of benzene rings is 1. The Morgan fingerprint density at radius 1 is 1.13 bits per heavy atom. The summed E-state index contributed by atoms with van der Waals surface area (Å²) in [5.41, 5.74) is 1.08. The van der Waals surface area contributed by atoms with Crippen molar-refractivity contribution in [3.05, 3.63) is 87.4 Å². The van der Waals surface area contributed by atoms with Crippen LogP contribution < -0.4 is 5.32 Å². The molecule has 0 unspecified atom stereocenters. The minimum absolute atomic E-state index is 0.0787. The van der Waals surface area contributed by atoms with Crippen LogP contribution in [0.4, 0.5) is 18.9 Å². The molecular formula is C28H31F3N2O4S. The number of ether oxygens (including phenoxy) is 2. The van der Waals surface area contributed by atoms with Crippen LogP contribution >= 0.6 is 11.3 Å². The number of esters is 1. The van der Waals surface area contributed by atoms with Crippen molar-refractivity contribution in [2.24, 2.45) is 0 Å². The lowest BCUT2D eigenvalue weighted by Crippen LogP contribution is -2.19. The van der Waals surface area contributed by atoms with E-state index in [9.17, 15) is 22.8 Å². The van der Waals surface area contributed by atoms with E-state index in [0.717, 1.165) is 18.4 Å². The van der Waals surface area contributed by atoms with Gasteiger partial charge in [0.05, 0.1) is 23.4 Å². The van der Waals surface area contributed by atoms with Crippen molar-refractivity contribution in [3.63, 3.8) is 0 Å². The fourth-order valence-corrected chi connectivity index (χ4v) is 4.44. The fourth-order valence-electron chi connectivity index (χ4n) is 3.44. The highest BCUT2D eigenvalue weighted by Gasteiger charge is 2.26. The van der Waals surface area contributed by atoms with E-state index in [0.29, 0.717) is 12.0 Å². The molecule has 0 fully saturated rings. The summed E-state index contributed by atoms with van der Waals surface area (Å²) in [6.45, 7) is 5.03. The van der Waals surface area contributed by atoms with Crippen molar-refractivity contribution >= 4 is 28.9 Å². The van der Waals surface area contributed by atoms with Gasteiger partial charge >= 0.3 is 5.97 Å².